The molecule has 5 rings (SSSR count). The van der Waals surface area contributed by atoms with Crippen molar-refractivity contribution in [2.24, 2.45) is 0 Å². The number of benzene rings is 5. The fraction of sp³-hybridized carbons (Fsp3) is 0.0370. The maximum Gasteiger partial charge on any atom is 0.124 e. The minimum atomic E-state index is 0.263. The van der Waals surface area contributed by atoms with Gasteiger partial charge in [0.1, 0.15) is 11.5 Å². The fourth-order valence-corrected chi connectivity index (χ4v) is 4.15. The molecule has 0 radical (unpaired) electrons. The van der Waals surface area contributed by atoms with E-state index in [2.05, 4.69) is 36.4 Å². The average Bonchev–Trinajstić information content (AvgIpc) is 2.76. The minimum absolute atomic E-state index is 0.263. The van der Waals surface area contributed by atoms with Gasteiger partial charge in [-0.15, -0.1) is 0 Å². The van der Waals surface area contributed by atoms with E-state index in [-0.39, 0.29) is 11.5 Å². The Morgan fingerprint density at radius 3 is 1.76 bits per heavy atom. The number of aromatic hydroxyl groups is 2. The summed E-state index contributed by atoms with van der Waals surface area (Å²) in [5.74, 6) is 0.548. The van der Waals surface area contributed by atoms with Crippen LogP contribution in [0.25, 0.3) is 32.7 Å². The van der Waals surface area contributed by atoms with Crippen molar-refractivity contribution in [3.8, 4) is 22.6 Å². The molecule has 0 aromatic heterocycles. The molecule has 0 aliphatic carbocycles. The van der Waals surface area contributed by atoms with Crippen molar-refractivity contribution in [2.75, 3.05) is 0 Å². The first kappa shape index (κ1) is 17.3. The lowest BCUT2D eigenvalue weighted by Gasteiger charge is -2.17. The van der Waals surface area contributed by atoms with E-state index in [0.717, 1.165) is 43.8 Å². The second-order valence-electron chi connectivity index (χ2n) is 7.31. The molecule has 0 aliphatic rings. The molecule has 140 valence electrons. The van der Waals surface area contributed by atoms with Crippen LogP contribution >= 0.6 is 0 Å². The second kappa shape index (κ2) is 6.99. The standard InChI is InChI=1S/C27H20O2/c28-24-12-6-3-9-20(24)17-21-14-13-18-7-1-4-10-22(18)26(21)27-23-11-5-2-8-19(23)15-16-25(27)29/h1-16,28-29H,17H2. The molecule has 0 spiro atoms. The number of hydrogen-bond acceptors (Lipinski definition) is 2. The smallest absolute Gasteiger partial charge is 0.124 e. The predicted molar refractivity (Wildman–Crippen MR) is 119 cm³/mol. The van der Waals surface area contributed by atoms with Crippen LogP contribution in [0, 0.1) is 0 Å². The lowest BCUT2D eigenvalue weighted by Crippen LogP contribution is -1.95. The molecule has 5 aromatic rings. The quantitative estimate of drug-likeness (QED) is 0.369. The van der Waals surface area contributed by atoms with Crippen LogP contribution in [0.1, 0.15) is 11.1 Å². The van der Waals surface area contributed by atoms with Crippen molar-refractivity contribution in [1.29, 1.82) is 0 Å². The van der Waals surface area contributed by atoms with Crippen LogP contribution in [0.2, 0.25) is 0 Å². The third kappa shape index (κ3) is 2.99. The van der Waals surface area contributed by atoms with Gasteiger partial charge in [0.25, 0.3) is 0 Å². The Morgan fingerprint density at radius 1 is 0.448 bits per heavy atom. The zero-order valence-corrected chi connectivity index (χ0v) is 15.8. The molecular weight excluding hydrogens is 356 g/mol. The largest absolute Gasteiger partial charge is 0.508 e. The molecule has 0 bridgehead atoms. The average molecular weight is 376 g/mol. The Morgan fingerprint density at radius 2 is 1.03 bits per heavy atom. The van der Waals surface area contributed by atoms with Crippen molar-refractivity contribution in [3.63, 3.8) is 0 Å². The van der Waals surface area contributed by atoms with E-state index in [9.17, 15) is 10.2 Å². The summed E-state index contributed by atoms with van der Waals surface area (Å²) in [6, 6.07) is 31.7. The maximum absolute atomic E-state index is 10.9. The van der Waals surface area contributed by atoms with Crippen molar-refractivity contribution in [2.45, 2.75) is 6.42 Å². The molecule has 2 nitrogen and oxygen atoms in total. The van der Waals surface area contributed by atoms with E-state index in [1.807, 2.05) is 48.5 Å². The molecule has 2 heteroatoms. The molecule has 0 saturated heterocycles. The van der Waals surface area contributed by atoms with Gasteiger partial charge < -0.3 is 10.2 Å². The molecule has 29 heavy (non-hydrogen) atoms. The van der Waals surface area contributed by atoms with Gasteiger partial charge in [0.15, 0.2) is 0 Å². The van der Waals surface area contributed by atoms with E-state index in [4.69, 9.17) is 0 Å². The summed E-state index contributed by atoms with van der Waals surface area (Å²) >= 11 is 0. The van der Waals surface area contributed by atoms with Crippen LogP contribution in [0.3, 0.4) is 0 Å². The third-order valence-electron chi connectivity index (χ3n) is 5.54. The first-order chi connectivity index (χ1) is 14.2. The summed E-state index contributed by atoms with van der Waals surface area (Å²) in [6.45, 7) is 0. The number of phenols is 2. The SMILES string of the molecule is Oc1ccccc1Cc1ccc2ccccc2c1-c1c(O)ccc2ccccc12. The Bertz CT molecular complexity index is 1350. The van der Waals surface area contributed by atoms with Crippen LogP contribution in [-0.2, 0) is 6.42 Å². The molecule has 0 aliphatic heterocycles. The Balaban J connectivity index is 1.85. The lowest BCUT2D eigenvalue weighted by atomic mass is 9.87. The van der Waals surface area contributed by atoms with E-state index < -0.39 is 0 Å². The first-order valence-corrected chi connectivity index (χ1v) is 9.71. The number of fused-ring (bicyclic) bond motifs is 2. The predicted octanol–water partition coefficient (Wildman–Crippen LogP) is 6.66. The van der Waals surface area contributed by atoms with Crippen LogP contribution < -0.4 is 0 Å². The summed E-state index contributed by atoms with van der Waals surface area (Å²) in [6.07, 6.45) is 0.579. The summed E-state index contributed by atoms with van der Waals surface area (Å²) in [7, 11) is 0. The number of para-hydroxylation sites is 1. The van der Waals surface area contributed by atoms with E-state index in [0.29, 0.717) is 6.42 Å². The lowest BCUT2D eigenvalue weighted by molar-refractivity contribution is 0.469. The second-order valence-corrected chi connectivity index (χ2v) is 7.31. The van der Waals surface area contributed by atoms with Crippen molar-refractivity contribution in [3.05, 3.63) is 108 Å². The zero-order chi connectivity index (χ0) is 19.8. The number of hydrogen-bond donors (Lipinski definition) is 2. The van der Waals surface area contributed by atoms with Crippen molar-refractivity contribution in [1.82, 2.24) is 0 Å². The van der Waals surface area contributed by atoms with E-state index >= 15 is 0 Å². The minimum Gasteiger partial charge on any atom is -0.508 e. The highest BCUT2D eigenvalue weighted by molar-refractivity contribution is 6.08. The highest BCUT2D eigenvalue weighted by atomic mass is 16.3. The van der Waals surface area contributed by atoms with Crippen LogP contribution in [0.4, 0.5) is 0 Å². The van der Waals surface area contributed by atoms with Crippen molar-refractivity contribution < 1.29 is 10.2 Å². The molecule has 5 aromatic carbocycles. The van der Waals surface area contributed by atoms with Gasteiger partial charge in [-0.05, 0) is 50.4 Å². The Labute approximate surface area is 169 Å². The van der Waals surface area contributed by atoms with Crippen LogP contribution in [0.5, 0.6) is 11.5 Å². The van der Waals surface area contributed by atoms with Gasteiger partial charge in [0.2, 0.25) is 0 Å². The maximum atomic E-state index is 10.9. The molecule has 0 amide bonds. The van der Waals surface area contributed by atoms with Gasteiger partial charge in [-0.25, -0.2) is 0 Å². The molecule has 2 N–H and O–H groups in total. The van der Waals surface area contributed by atoms with Gasteiger partial charge in [-0.1, -0.05) is 84.9 Å². The van der Waals surface area contributed by atoms with Gasteiger partial charge in [-0.2, -0.15) is 0 Å². The summed E-state index contributed by atoms with van der Waals surface area (Å²) < 4.78 is 0. The molecule has 0 heterocycles. The van der Waals surface area contributed by atoms with Gasteiger partial charge in [-0.3, -0.25) is 0 Å². The molecular formula is C27H20O2. The van der Waals surface area contributed by atoms with Gasteiger partial charge in [0, 0.05) is 12.0 Å². The van der Waals surface area contributed by atoms with E-state index in [1.54, 1.807) is 12.1 Å². The Kier molecular flexibility index (Phi) is 4.18. The third-order valence-corrected chi connectivity index (χ3v) is 5.54. The van der Waals surface area contributed by atoms with E-state index in [1.165, 1.54) is 0 Å². The molecule has 0 unspecified atom stereocenters. The monoisotopic (exact) mass is 376 g/mol. The highest BCUT2D eigenvalue weighted by Crippen LogP contribution is 2.42. The Hall–Kier alpha value is -3.78. The molecule has 0 saturated carbocycles. The normalized spacial score (nSPS) is 11.2. The van der Waals surface area contributed by atoms with Gasteiger partial charge >= 0.3 is 0 Å². The van der Waals surface area contributed by atoms with Crippen LogP contribution in [0.15, 0.2) is 97.1 Å². The summed E-state index contributed by atoms with van der Waals surface area (Å²) in [5.41, 5.74) is 3.78. The molecule has 0 fully saturated rings. The van der Waals surface area contributed by atoms with Gasteiger partial charge in [0.05, 0.1) is 0 Å². The summed E-state index contributed by atoms with van der Waals surface area (Å²) in [4.78, 5) is 0. The molecule has 0 atom stereocenters. The van der Waals surface area contributed by atoms with Crippen molar-refractivity contribution >= 4 is 21.5 Å². The first-order valence-electron chi connectivity index (χ1n) is 9.71. The zero-order valence-electron chi connectivity index (χ0n) is 15.8. The number of rotatable bonds is 3. The highest BCUT2D eigenvalue weighted by Gasteiger charge is 2.17. The van der Waals surface area contributed by atoms with Crippen LogP contribution in [-0.4, -0.2) is 10.2 Å². The fourth-order valence-electron chi connectivity index (χ4n) is 4.15. The number of phenolic OH excluding ortho intramolecular Hbond substituents is 2. The topological polar surface area (TPSA) is 40.5 Å². The summed E-state index contributed by atoms with van der Waals surface area (Å²) in [5, 5.41) is 25.6.